The lowest BCUT2D eigenvalue weighted by atomic mass is 10.1. The number of nitrogens with zero attached hydrogens (tertiary/aromatic N) is 1. The Hall–Kier alpha value is -2.50. The van der Waals surface area contributed by atoms with E-state index in [0.29, 0.717) is 0 Å². The third kappa shape index (κ3) is 2.36. The molecule has 17 heavy (non-hydrogen) atoms. The summed E-state index contributed by atoms with van der Waals surface area (Å²) >= 11 is 0. The van der Waals surface area contributed by atoms with E-state index in [2.05, 4.69) is 9.97 Å². The molecule has 0 saturated carbocycles. The zero-order valence-corrected chi connectivity index (χ0v) is 8.48. The fourth-order valence-corrected chi connectivity index (χ4v) is 1.39. The molecule has 0 spiro atoms. The quantitative estimate of drug-likeness (QED) is 0.819. The molecule has 0 amide bonds. The molecular formula is C11H7FN2O3. The summed E-state index contributed by atoms with van der Waals surface area (Å²) in [7, 11) is 0. The number of benzene rings is 1. The molecule has 0 bridgehead atoms. The zero-order chi connectivity index (χ0) is 12.4. The van der Waals surface area contributed by atoms with Crippen LogP contribution in [0, 0.1) is 5.82 Å². The van der Waals surface area contributed by atoms with E-state index < -0.39 is 17.3 Å². The number of aromatic nitrogens is 2. The lowest BCUT2D eigenvalue weighted by Crippen LogP contribution is -2.05. The number of carbonyl (C=O) groups is 1. The maximum absolute atomic E-state index is 13.2. The number of carboxylic acids is 1. The molecular weight excluding hydrogens is 227 g/mol. The summed E-state index contributed by atoms with van der Waals surface area (Å²) in [5.41, 5.74) is -0.123. The van der Waals surface area contributed by atoms with Gasteiger partial charge in [-0.3, -0.25) is 4.79 Å². The van der Waals surface area contributed by atoms with Gasteiger partial charge >= 0.3 is 5.97 Å². The summed E-state index contributed by atoms with van der Waals surface area (Å²) in [5, 5.41) is 8.78. The average Bonchev–Trinajstić information content (AvgIpc) is 2.28. The molecule has 0 aliphatic carbocycles. The third-order valence-corrected chi connectivity index (χ3v) is 2.12. The predicted octanol–water partition coefficient (Wildman–Crippen LogP) is 1.27. The molecule has 0 atom stereocenters. The summed E-state index contributed by atoms with van der Waals surface area (Å²) in [6, 6.07) is 4.45. The lowest BCUT2D eigenvalue weighted by molar-refractivity contribution is 0.0696. The number of hydrogen-bond donors (Lipinski definition) is 2. The smallest absolute Gasteiger partial charge is 0.335 e. The van der Waals surface area contributed by atoms with E-state index in [1.807, 2.05) is 0 Å². The standard InChI is InChI=1S/C11H7FN2O3/c12-8-2-6(1-7(3-8)11(16)17)9-4-10(15)14-5-13-9/h1-5H,(H,16,17)(H,13,14,15). The molecule has 0 unspecified atom stereocenters. The van der Waals surface area contributed by atoms with Crippen LogP contribution >= 0.6 is 0 Å². The molecule has 2 rings (SSSR count). The van der Waals surface area contributed by atoms with Crippen LogP contribution in [-0.2, 0) is 0 Å². The summed E-state index contributed by atoms with van der Waals surface area (Å²) in [6.07, 6.45) is 1.17. The normalized spacial score (nSPS) is 10.2. The summed E-state index contributed by atoms with van der Waals surface area (Å²) in [5.74, 6) is -1.93. The predicted molar refractivity (Wildman–Crippen MR) is 57.2 cm³/mol. The van der Waals surface area contributed by atoms with Crippen LogP contribution in [0.3, 0.4) is 0 Å². The van der Waals surface area contributed by atoms with Gasteiger partial charge in [-0.1, -0.05) is 0 Å². The largest absolute Gasteiger partial charge is 0.478 e. The van der Waals surface area contributed by atoms with Crippen molar-refractivity contribution in [3.63, 3.8) is 0 Å². The number of rotatable bonds is 2. The van der Waals surface area contributed by atoms with Crippen molar-refractivity contribution in [2.45, 2.75) is 0 Å². The van der Waals surface area contributed by atoms with E-state index in [0.717, 1.165) is 12.1 Å². The highest BCUT2D eigenvalue weighted by molar-refractivity contribution is 5.89. The van der Waals surface area contributed by atoms with Crippen LogP contribution < -0.4 is 5.56 Å². The molecule has 1 heterocycles. The molecule has 1 aromatic heterocycles. The van der Waals surface area contributed by atoms with Crippen LogP contribution in [0.4, 0.5) is 4.39 Å². The number of nitrogens with one attached hydrogen (secondary N) is 1. The lowest BCUT2D eigenvalue weighted by Gasteiger charge is -2.02. The Balaban J connectivity index is 2.59. The maximum atomic E-state index is 13.2. The van der Waals surface area contributed by atoms with Crippen LogP contribution in [-0.4, -0.2) is 21.0 Å². The van der Waals surface area contributed by atoms with E-state index in [-0.39, 0.29) is 16.8 Å². The van der Waals surface area contributed by atoms with Gasteiger partial charge < -0.3 is 10.1 Å². The van der Waals surface area contributed by atoms with Crippen molar-refractivity contribution in [3.05, 3.63) is 52.3 Å². The van der Waals surface area contributed by atoms with Crippen LogP contribution in [0.2, 0.25) is 0 Å². The Kier molecular flexibility index (Phi) is 2.70. The molecule has 0 aliphatic heterocycles. The van der Waals surface area contributed by atoms with Crippen molar-refractivity contribution in [1.29, 1.82) is 0 Å². The number of halogens is 1. The highest BCUT2D eigenvalue weighted by Gasteiger charge is 2.09. The number of carboxylic acid groups (broad SMARTS) is 1. The van der Waals surface area contributed by atoms with Crippen molar-refractivity contribution in [2.24, 2.45) is 0 Å². The van der Waals surface area contributed by atoms with Gasteiger partial charge in [-0.25, -0.2) is 14.2 Å². The minimum Gasteiger partial charge on any atom is -0.478 e. The van der Waals surface area contributed by atoms with Crippen LogP contribution in [0.25, 0.3) is 11.3 Å². The van der Waals surface area contributed by atoms with E-state index in [9.17, 15) is 14.0 Å². The fraction of sp³-hybridized carbons (Fsp3) is 0. The highest BCUT2D eigenvalue weighted by Crippen LogP contribution is 2.18. The molecule has 0 radical (unpaired) electrons. The van der Waals surface area contributed by atoms with Gasteiger partial charge in [0.25, 0.3) is 5.56 Å². The van der Waals surface area contributed by atoms with Crippen molar-refractivity contribution in [3.8, 4) is 11.3 Å². The summed E-state index contributed by atoms with van der Waals surface area (Å²) in [6.45, 7) is 0. The van der Waals surface area contributed by atoms with Gasteiger partial charge in [0, 0.05) is 11.6 Å². The van der Waals surface area contributed by atoms with Gasteiger partial charge in [-0.2, -0.15) is 0 Å². The number of aromatic carboxylic acids is 1. The van der Waals surface area contributed by atoms with Crippen molar-refractivity contribution in [2.75, 3.05) is 0 Å². The van der Waals surface area contributed by atoms with Crippen molar-refractivity contribution in [1.82, 2.24) is 9.97 Å². The summed E-state index contributed by atoms with van der Waals surface area (Å²) in [4.78, 5) is 28.0. The highest BCUT2D eigenvalue weighted by atomic mass is 19.1. The molecule has 0 fully saturated rings. The molecule has 6 heteroatoms. The Labute approximate surface area is 94.6 Å². The number of H-pyrrole nitrogens is 1. The Morgan fingerprint density at radius 2 is 2.06 bits per heavy atom. The van der Waals surface area contributed by atoms with Crippen LogP contribution in [0.15, 0.2) is 35.4 Å². The van der Waals surface area contributed by atoms with E-state index in [1.54, 1.807) is 0 Å². The second-order valence-electron chi connectivity index (χ2n) is 3.33. The molecule has 0 aliphatic rings. The maximum Gasteiger partial charge on any atom is 0.335 e. The SMILES string of the molecule is O=C(O)c1cc(F)cc(-c2cc(=O)[nH]cn2)c1. The van der Waals surface area contributed by atoms with Crippen molar-refractivity contribution >= 4 is 5.97 Å². The fourth-order valence-electron chi connectivity index (χ4n) is 1.39. The Morgan fingerprint density at radius 1 is 1.29 bits per heavy atom. The molecule has 2 N–H and O–H groups in total. The molecule has 86 valence electrons. The first-order valence-corrected chi connectivity index (χ1v) is 4.65. The average molecular weight is 234 g/mol. The first-order valence-electron chi connectivity index (χ1n) is 4.65. The van der Waals surface area contributed by atoms with Gasteiger partial charge in [-0.15, -0.1) is 0 Å². The Morgan fingerprint density at radius 3 is 2.71 bits per heavy atom. The van der Waals surface area contributed by atoms with E-state index >= 15 is 0 Å². The van der Waals surface area contributed by atoms with Crippen molar-refractivity contribution < 1.29 is 14.3 Å². The zero-order valence-electron chi connectivity index (χ0n) is 8.48. The molecule has 2 aromatic rings. The second kappa shape index (κ2) is 4.17. The minimum absolute atomic E-state index is 0.193. The first kappa shape index (κ1) is 11.0. The minimum atomic E-state index is -1.24. The van der Waals surface area contributed by atoms with Gasteiger partial charge in [0.2, 0.25) is 0 Å². The first-order chi connectivity index (χ1) is 8.06. The number of aromatic amines is 1. The monoisotopic (exact) mass is 234 g/mol. The van der Waals surface area contributed by atoms with Gasteiger partial charge in [-0.05, 0) is 18.2 Å². The van der Waals surface area contributed by atoms with Gasteiger partial charge in [0.15, 0.2) is 0 Å². The third-order valence-electron chi connectivity index (χ3n) is 2.12. The van der Waals surface area contributed by atoms with Crippen LogP contribution in [0.5, 0.6) is 0 Å². The van der Waals surface area contributed by atoms with Gasteiger partial charge in [0.1, 0.15) is 5.82 Å². The summed E-state index contributed by atoms with van der Waals surface area (Å²) < 4.78 is 13.2. The number of hydrogen-bond acceptors (Lipinski definition) is 3. The Bertz CT molecular complexity index is 637. The second-order valence-corrected chi connectivity index (χ2v) is 3.33. The van der Waals surface area contributed by atoms with E-state index in [1.165, 1.54) is 18.5 Å². The van der Waals surface area contributed by atoms with E-state index in [4.69, 9.17) is 5.11 Å². The molecule has 5 nitrogen and oxygen atoms in total. The van der Waals surface area contributed by atoms with Gasteiger partial charge in [0.05, 0.1) is 17.6 Å². The topological polar surface area (TPSA) is 83.0 Å². The molecule has 0 saturated heterocycles. The molecule has 1 aromatic carbocycles. The van der Waals surface area contributed by atoms with Crippen LogP contribution in [0.1, 0.15) is 10.4 Å².